The maximum Gasteiger partial charge on any atom is 0.275 e. The van der Waals surface area contributed by atoms with Crippen LogP contribution in [0, 0.1) is 6.92 Å². The average molecular weight is 568 g/mol. The van der Waals surface area contributed by atoms with E-state index < -0.39 is 27.9 Å². The second kappa shape index (κ2) is 11.7. The molecule has 0 bridgehead atoms. The fourth-order valence-electron chi connectivity index (χ4n) is 3.64. The summed E-state index contributed by atoms with van der Waals surface area (Å²) in [6.45, 7) is 3.49. The summed E-state index contributed by atoms with van der Waals surface area (Å²) in [5.41, 5.74) is 1.87. The molecule has 2 amide bonds. The summed E-state index contributed by atoms with van der Waals surface area (Å²) in [5, 5.41) is 15.6. The Bertz CT molecular complexity index is 1610. The number of nitrogens with one attached hydrogen (secondary N) is 3. The molecule has 12 heteroatoms. The van der Waals surface area contributed by atoms with Gasteiger partial charge in [-0.1, -0.05) is 54.4 Å². The van der Waals surface area contributed by atoms with E-state index in [1.807, 2.05) is 37.3 Å². The molecule has 4 N–H and O–H groups in total. The second-order valence-corrected chi connectivity index (χ2v) is 10.8. The Kier molecular flexibility index (Phi) is 8.34. The number of para-hydroxylation sites is 1. The number of aryl methyl sites for hydroxylation is 1. The van der Waals surface area contributed by atoms with Gasteiger partial charge >= 0.3 is 0 Å². The van der Waals surface area contributed by atoms with Crippen LogP contribution in [-0.2, 0) is 14.8 Å². The topological polar surface area (TPSA) is 142 Å². The largest absolute Gasteiger partial charge is 0.506 e. The molecule has 1 atom stereocenters. The van der Waals surface area contributed by atoms with Crippen LogP contribution >= 0.6 is 11.6 Å². The van der Waals surface area contributed by atoms with Gasteiger partial charge in [-0.2, -0.15) is 4.72 Å². The average Bonchev–Trinajstić information content (AvgIpc) is 3.41. The Morgan fingerprint density at radius 2 is 1.72 bits per heavy atom. The van der Waals surface area contributed by atoms with Crippen molar-refractivity contribution >= 4 is 44.8 Å². The number of halogens is 1. The molecule has 0 saturated carbocycles. The number of anilines is 2. The van der Waals surface area contributed by atoms with Crippen LogP contribution in [0.1, 0.15) is 29.4 Å². The van der Waals surface area contributed by atoms with Crippen LogP contribution in [0.25, 0.3) is 5.69 Å². The molecule has 0 saturated heterocycles. The van der Waals surface area contributed by atoms with E-state index in [2.05, 4.69) is 20.3 Å². The quantitative estimate of drug-likeness (QED) is 0.220. The van der Waals surface area contributed by atoms with Crippen LogP contribution in [0.5, 0.6) is 5.75 Å². The van der Waals surface area contributed by atoms with Crippen molar-refractivity contribution in [3.05, 3.63) is 95.5 Å². The number of benzene rings is 3. The zero-order chi connectivity index (χ0) is 28.2. The Labute approximate surface area is 230 Å². The van der Waals surface area contributed by atoms with E-state index >= 15 is 0 Å². The van der Waals surface area contributed by atoms with E-state index in [0.717, 1.165) is 11.3 Å². The molecule has 0 radical (unpaired) electrons. The maximum absolute atomic E-state index is 12.9. The Morgan fingerprint density at radius 3 is 2.38 bits per heavy atom. The number of nitrogens with zero attached hydrogens (tertiary/aromatic N) is 2. The number of aromatic hydroxyl groups is 1. The molecule has 1 heterocycles. The smallest absolute Gasteiger partial charge is 0.275 e. The molecule has 0 aliphatic rings. The van der Waals surface area contributed by atoms with Crippen LogP contribution < -0.4 is 15.4 Å². The van der Waals surface area contributed by atoms with E-state index in [9.17, 15) is 23.1 Å². The normalized spacial score (nSPS) is 12.1. The van der Waals surface area contributed by atoms with Crippen LogP contribution in [0.15, 0.2) is 84.1 Å². The molecule has 202 valence electrons. The van der Waals surface area contributed by atoms with Crippen LogP contribution in [-0.4, -0.2) is 40.9 Å². The lowest BCUT2D eigenvalue weighted by molar-refractivity contribution is -0.117. The van der Waals surface area contributed by atoms with E-state index in [1.54, 1.807) is 29.8 Å². The van der Waals surface area contributed by atoms with Gasteiger partial charge in [-0.15, -0.1) is 0 Å². The fourth-order valence-corrected chi connectivity index (χ4v) is 5.13. The maximum atomic E-state index is 12.9. The molecule has 0 spiro atoms. The van der Waals surface area contributed by atoms with Gasteiger partial charge in [0.1, 0.15) is 23.8 Å². The van der Waals surface area contributed by atoms with E-state index in [4.69, 9.17) is 11.6 Å². The first-order valence-corrected chi connectivity index (χ1v) is 13.8. The van der Waals surface area contributed by atoms with Crippen molar-refractivity contribution in [2.45, 2.75) is 31.2 Å². The molecule has 39 heavy (non-hydrogen) atoms. The molecule has 0 aliphatic carbocycles. The third kappa shape index (κ3) is 6.63. The number of phenolic OH excluding ortho intramolecular Hbond substituents is 1. The van der Waals surface area contributed by atoms with Crippen molar-refractivity contribution < 1.29 is 23.1 Å². The monoisotopic (exact) mass is 567 g/mol. The summed E-state index contributed by atoms with van der Waals surface area (Å²) in [5.74, 6) is -1.61. The highest BCUT2D eigenvalue weighted by molar-refractivity contribution is 7.89. The van der Waals surface area contributed by atoms with E-state index in [-0.39, 0.29) is 39.2 Å². The fraction of sp³-hybridized carbons (Fsp3) is 0.148. The molecular weight excluding hydrogens is 542 g/mol. The van der Waals surface area contributed by atoms with Crippen LogP contribution in [0.2, 0.25) is 5.02 Å². The lowest BCUT2D eigenvalue weighted by Gasteiger charge is -2.18. The Balaban J connectivity index is 1.45. The summed E-state index contributed by atoms with van der Waals surface area (Å²) < 4.78 is 29.5. The number of carbonyl (C=O) groups is 2. The lowest BCUT2D eigenvalue weighted by Crippen LogP contribution is -2.43. The van der Waals surface area contributed by atoms with Crippen molar-refractivity contribution in [3.8, 4) is 11.4 Å². The molecule has 1 unspecified atom stereocenters. The minimum absolute atomic E-state index is 0.00405. The van der Waals surface area contributed by atoms with Crippen LogP contribution in [0.3, 0.4) is 0 Å². The van der Waals surface area contributed by atoms with E-state index in [1.165, 1.54) is 30.6 Å². The Morgan fingerprint density at radius 1 is 1.03 bits per heavy atom. The molecule has 0 fully saturated rings. The number of hydrogen-bond acceptors (Lipinski definition) is 6. The first kappa shape index (κ1) is 27.8. The van der Waals surface area contributed by atoms with E-state index in [0.29, 0.717) is 0 Å². The predicted octanol–water partition coefficient (Wildman–Crippen LogP) is 4.49. The van der Waals surface area contributed by atoms with Crippen molar-refractivity contribution in [2.24, 2.45) is 0 Å². The van der Waals surface area contributed by atoms with Gasteiger partial charge in [-0.05, 0) is 43.7 Å². The zero-order valence-corrected chi connectivity index (χ0v) is 22.6. The molecule has 1 aromatic heterocycles. The summed E-state index contributed by atoms with van der Waals surface area (Å²) >= 11 is 6.32. The number of amides is 2. The number of aromatic nitrogens is 2. The van der Waals surface area contributed by atoms with Crippen molar-refractivity contribution in [1.29, 1.82) is 0 Å². The molecule has 3 aromatic carbocycles. The van der Waals surface area contributed by atoms with Gasteiger partial charge in [0.05, 0.1) is 21.3 Å². The minimum Gasteiger partial charge on any atom is -0.506 e. The number of hydrogen-bond donors (Lipinski definition) is 4. The van der Waals surface area contributed by atoms with Gasteiger partial charge in [-0.3, -0.25) is 9.59 Å². The van der Waals surface area contributed by atoms with Gasteiger partial charge in [0.15, 0.2) is 0 Å². The van der Waals surface area contributed by atoms with Gasteiger partial charge in [0, 0.05) is 18.0 Å². The van der Waals surface area contributed by atoms with Crippen molar-refractivity contribution in [2.75, 3.05) is 10.6 Å². The third-order valence-electron chi connectivity index (χ3n) is 5.81. The molecule has 4 aromatic rings. The molecule has 4 rings (SSSR count). The van der Waals surface area contributed by atoms with Gasteiger partial charge in [0.2, 0.25) is 15.9 Å². The lowest BCUT2D eigenvalue weighted by atomic mass is 10.2. The van der Waals surface area contributed by atoms with Crippen molar-refractivity contribution in [1.82, 2.24) is 14.3 Å². The standard InChI is InChI=1S/C27H26ClN5O5S/c1-3-21(32-39(37,38)19-11-9-17(2)10-12-19)26(35)30-22-14-25(34)23(13-20(22)28)31-27(36)24-15-33(16-29-24)18-7-5-4-6-8-18/h4-16,21,32,34H,3H2,1-2H3,(H,30,35)(H,31,36). The third-order valence-corrected chi connectivity index (χ3v) is 7.61. The predicted molar refractivity (Wildman–Crippen MR) is 149 cm³/mol. The molecule has 10 nitrogen and oxygen atoms in total. The SMILES string of the molecule is CCC(NS(=O)(=O)c1ccc(C)cc1)C(=O)Nc1cc(O)c(NC(=O)c2cn(-c3ccccc3)cn2)cc1Cl. The number of carbonyl (C=O) groups excluding carboxylic acids is 2. The van der Waals surface area contributed by atoms with Gasteiger partial charge < -0.3 is 20.3 Å². The minimum atomic E-state index is -3.95. The molecular formula is C27H26ClN5O5S. The molecule has 0 aliphatic heterocycles. The summed E-state index contributed by atoms with van der Waals surface area (Å²) in [7, 11) is -3.95. The van der Waals surface area contributed by atoms with Crippen molar-refractivity contribution in [3.63, 3.8) is 0 Å². The highest BCUT2D eigenvalue weighted by atomic mass is 35.5. The highest BCUT2D eigenvalue weighted by Crippen LogP contribution is 2.34. The first-order valence-electron chi connectivity index (χ1n) is 11.9. The first-order chi connectivity index (χ1) is 18.6. The summed E-state index contributed by atoms with van der Waals surface area (Å²) in [4.78, 5) is 29.7. The Hall–Kier alpha value is -4.19. The number of imidazole rings is 1. The second-order valence-electron chi connectivity index (χ2n) is 8.69. The summed E-state index contributed by atoms with van der Waals surface area (Å²) in [6.07, 6.45) is 3.19. The number of phenols is 1. The van der Waals surface area contributed by atoms with Gasteiger partial charge in [-0.25, -0.2) is 13.4 Å². The number of sulfonamides is 1. The number of rotatable bonds is 9. The van der Waals surface area contributed by atoms with Crippen LogP contribution in [0.4, 0.5) is 11.4 Å². The highest BCUT2D eigenvalue weighted by Gasteiger charge is 2.25. The van der Waals surface area contributed by atoms with Gasteiger partial charge in [0.25, 0.3) is 5.91 Å². The zero-order valence-electron chi connectivity index (χ0n) is 21.1. The summed E-state index contributed by atoms with van der Waals surface area (Å²) in [6, 6.07) is 16.9.